The second-order valence-electron chi connectivity index (χ2n) is 8.14. The lowest BCUT2D eigenvalue weighted by atomic mass is 10.00. The van der Waals surface area contributed by atoms with Gasteiger partial charge in [0, 0.05) is 15.6 Å². The standard InChI is InChI=1S/C26H39BrO2/c1-5-8-13-21(6-2)19-29-26-20(4)18-25(23-15-9-10-16-24(23)26)28-17-12-11-14-22(27)7-3/h9-10,15-16,18,21-22H,5-8,11-14,17,19H2,1-4H3. The minimum atomic E-state index is 0.630. The molecule has 0 saturated carbocycles. The first-order valence-electron chi connectivity index (χ1n) is 11.5. The van der Waals surface area contributed by atoms with Crippen LogP contribution in [0.15, 0.2) is 30.3 Å². The van der Waals surface area contributed by atoms with Crippen molar-refractivity contribution in [3.63, 3.8) is 0 Å². The topological polar surface area (TPSA) is 18.5 Å². The summed E-state index contributed by atoms with van der Waals surface area (Å²) in [6.07, 6.45) is 9.62. The number of benzene rings is 2. The number of halogens is 1. The van der Waals surface area contributed by atoms with E-state index in [1.165, 1.54) is 50.3 Å². The summed E-state index contributed by atoms with van der Waals surface area (Å²) >= 11 is 3.71. The van der Waals surface area contributed by atoms with E-state index in [-0.39, 0.29) is 0 Å². The number of hydrogen-bond acceptors (Lipinski definition) is 2. The van der Waals surface area contributed by atoms with Gasteiger partial charge in [0.05, 0.1) is 13.2 Å². The molecule has 2 aromatic rings. The molecule has 0 radical (unpaired) electrons. The van der Waals surface area contributed by atoms with Crippen LogP contribution in [0.4, 0.5) is 0 Å². The van der Waals surface area contributed by atoms with Gasteiger partial charge in [-0.1, -0.05) is 80.2 Å². The summed E-state index contributed by atoms with van der Waals surface area (Å²) in [4.78, 5) is 0.631. The van der Waals surface area contributed by atoms with E-state index in [1.54, 1.807) is 0 Å². The summed E-state index contributed by atoms with van der Waals surface area (Å²) in [6.45, 7) is 10.4. The molecule has 0 aliphatic carbocycles. The fourth-order valence-corrected chi connectivity index (χ4v) is 4.04. The molecule has 2 rings (SSSR count). The van der Waals surface area contributed by atoms with Gasteiger partial charge in [0.2, 0.25) is 0 Å². The predicted octanol–water partition coefficient (Wildman–Crippen LogP) is 8.47. The molecular weight excluding hydrogens is 424 g/mol. The predicted molar refractivity (Wildman–Crippen MR) is 130 cm³/mol. The first-order valence-corrected chi connectivity index (χ1v) is 12.4. The van der Waals surface area contributed by atoms with Crippen LogP contribution in [0.5, 0.6) is 11.5 Å². The number of ether oxygens (including phenoxy) is 2. The van der Waals surface area contributed by atoms with Crippen molar-refractivity contribution in [3.05, 3.63) is 35.9 Å². The third kappa shape index (κ3) is 7.51. The maximum Gasteiger partial charge on any atom is 0.130 e. The van der Waals surface area contributed by atoms with Crippen molar-refractivity contribution in [2.45, 2.75) is 83.9 Å². The number of fused-ring (bicyclic) bond motifs is 1. The Kier molecular flexibility index (Phi) is 10.9. The Morgan fingerprint density at radius 1 is 0.897 bits per heavy atom. The molecule has 2 unspecified atom stereocenters. The van der Waals surface area contributed by atoms with Crippen LogP contribution in [0.1, 0.15) is 77.7 Å². The Labute approximate surface area is 186 Å². The lowest BCUT2D eigenvalue weighted by Gasteiger charge is -2.20. The number of unbranched alkanes of at least 4 members (excludes halogenated alkanes) is 2. The molecule has 2 nitrogen and oxygen atoms in total. The van der Waals surface area contributed by atoms with E-state index < -0.39 is 0 Å². The summed E-state index contributed by atoms with van der Waals surface area (Å²) in [6, 6.07) is 10.6. The molecule has 2 aromatic carbocycles. The normalized spacial score (nSPS) is 13.4. The summed E-state index contributed by atoms with van der Waals surface area (Å²) in [5, 5.41) is 2.32. The van der Waals surface area contributed by atoms with Crippen LogP contribution in [0.25, 0.3) is 10.8 Å². The van der Waals surface area contributed by atoms with Crippen molar-refractivity contribution in [1.29, 1.82) is 0 Å². The Bertz CT molecular complexity index is 728. The molecule has 0 aliphatic rings. The van der Waals surface area contributed by atoms with E-state index in [4.69, 9.17) is 9.47 Å². The maximum atomic E-state index is 6.38. The van der Waals surface area contributed by atoms with Crippen molar-refractivity contribution >= 4 is 26.7 Å². The highest BCUT2D eigenvalue weighted by Gasteiger charge is 2.14. The van der Waals surface area contributed by atoms with Crippen molar-refractivity contribution in [1.82, 2.24) is 0 Å². The van der Waals surface area contributed by atoms with E-state index in [0.717, 1.165) is 42.1 Å². The van der Waals surface area contributed by atoms with Gasteiger partial charge in [-0.25, -0.2) is 0 Å². The fourth-order valence-electron chi connectivity index (χ4n) is 3.71. The average Bonchev–Trinajstić information content (AvgIpc) is 2.74. The molecule has 0 spiro atoms. The minimum absolute atomic E-state index is 0.630. The lowest BCUT2D eigenvalue weighted by Crippen LogP contribution is -2.12. The van der Waals surface area contributed by atoms with Crippen LogP contribution in [-0.2, 0) is 0 Å². The van der Waals surface area contributed by atoms with Crippen LogP contribution in [-0.4, -0.2) is 18.0 Å². The Morgan fingerprint density at radius 3 is 2.34 bits per heavy atom. The van der Waals surface area contributed by atoms with Gasteiger partial charge in [0.25, 0.3) is 0 Å². The molecule has 29 heavy (non-hydrogen) atoms. The van der Waals surface area contributed by atoms with Gasteiger partial charge in [0.15, 0.2) is 0 Å². The van der Waals surface area contributed by atoms with Crippen LogP contribution >= 0.6 is 15.9 Å². The van der Waals surface area contributed by atoms with Crippen molar-refractivity contribution in [3.8, 4) is 11.5 Å². The number of aryl methyl sites for hydroxylation is 1. The minimum Gasteiger partial charge on any atom is -0.493 e. The van der Waals surface area contributed by atoms with Crippen molar-refractivity contribution in [2.75, 3.05) is 13.2 Å². The van der Waals surface area contributed by atoms with Crippen molar-refractivity contribution in [2.24, 2.45) is 5.92 Å². The zero-order chi connectivity index (χ0) is 21.1. The van der Waals surface area contributed by atoms with Gasteiger partial charge < -0.3 is 9.47 Å². The first-order chi connectivity index (χ1) is 14.1. The average molecular weight is 464 g/mol. The van der Waals surface area contributed by atoms with Gasteiger partial charge in [-0.3, -0.25) is 0 Å². The molecule has 0 aliphatic heterocycles. The van der Waals surface area contributed by atoms with E-state index in [1.807, 2.05) is 0 Å². The number of rotatable bonds is 14. The molecule has 0 saturated heterocycles. The molecule has 0 bridgehead atoms. The fraction of sp³-hybridized carbons (Fsp3) is 0.615. The van der Waals surface area contributed by atoms with Crippen LogP contribution in [0.3, 0.4) is 0 Å². The van der Waals surface area contributed by atoms with E-state index in [0.29, 0.717) is 10.7 Å². The largest absolute Gasteiger partial charge is 0.493 e. The van der Waals surface area contributed by atoms with Crippen LogP contribution < -0.4 is 9.47 Å². The molecule has 0 fully saturated rings. The Hall–Kier alpha value is -1.22. The van der Waals surface area contributed by atoms with Crippen molar-refractivity contribution < 1.29 is 9.47 Å². The van der Waals surface area contributed by atoms with Crippen LogP contribution in [0.2, 0.25) is 0 Å². The van der Waals surface area contributed by atoms with Crippen LogP contribution in [0, 0.1) is 12.8 Å². The molecule has 162 valence electrons. The third-order valence-corrected chi connectivity index (χ3v) is 6.87. The summed E-state index contributed by atoms with van der Waals surface area (Å²) < 4.78 is 12.6. The summed E-state index contributed by atoms with van der Waals surface area (Å²) in [7, 11) is 0. The molecule has 2 atom stereocenters. The van der Waals surface area contributed by atoms with Gasteiger partial charge in [-0.05, 0) is 56.6 Å². The summed E-state index contributed by atoms with van der Waals surface area (Å²) in [5.41, 5.74) is 1.16. The quantitative estimate of drug-likeness (QED) is 0.207. The molecule has 0 heterocycles. The molecular formula is C26H39BrO2. The summed E-state index contributed by atoms with van der Waals surface area (Å²) in [5.74, 6) is 2.63. The monoisotopic (exact) mass is 462 g/mol. The second-order valence-corrected chi connectivity index (χ2v) is 9.44. The lowest BCUT2D eigenvalue weighted by molar-refractivity contribution is 0.234. The van der Waals surface area contributed by atoms with E-state index >= 15 is 0 Å². The van der Waals surface area contributed by atoms with Gasteiger partial charge >= 0.3 is 0 Å². The van der Waals surface area contributed by atoms with E-state index in [2.05, 4.69) is 74.0 Å². The number of hydrogen-bond donors (Lipinski definition) is 0. The highest BCUT2D eigenvalue weighted by Crippen LogP contribution is 2.37. The number of alkyl halides is 1. The molecule has 0 amide bonds. The highest BCUT2D eigenvalue weighted by molar-refractivity contribution is 9.09. The zero-order valence-electron chi connectivity index (χ0n) is 18.8. The molecule has 3 heteroatoms. The highest BCUT2D eigenvalue weighted by atomic mass is 79.9. The van der Waals surface area contributed by atoms with Gasteiger partial charge in [-0.2, -0.15) is 0 Å². The smallest absolute Gasteiger partial charge is 0.130 e. The molecule has 0 aromatic heterocycles. The second kappa shape index (κ2) is 13.2. The zero-order valence-corrected chi connectivity index (χ0v) is 20.4. The molecule has 0 N–H and O–H groups in total. The van der Waals surface area contributed by atoms with E-state index in [9.17, 15) is 0 Å². The Balaban J connectivity index is 2.06. The first kappa shape index (κ1) is 24.1. The Morgan fingerprint density at radius 2 is 1.66 bits per heavy atom. The van der Waals surface area contributed by atoms with Gasteiger partial charge in [-0.15, -0.1) is 0 Å². The third-order valence-electron chi connectivity index (χ3n) is 5.76. The maximum absolute atomic E-state index is 6.38. The van der Waals surface area contributed by atoms with Gasteiger partial charge in [0.1, 0.15) is 11.5 Å². The SMILES string of the molecule is CCCCC(CC)COc1c(C)cc(OCCCCC(Br)CC)c2ccccc12.